The van der Waals surface area contributed by atoms with Gasteiger partial charge < -0.3 is 5.32 Å². The zero-order valence-corrected chi connectivity index (χ0v) is 11.2. The predicted octanol–water partition coefficient (Wildman–Crippen LogP) is 3.94. The van der Waals surface area contributed by atoms with Crippen molar-refractivity contribution in [3.05, 3.63) is 48.0 Å². The predicted molar refractivity (Wildman–Crippen MR) is 77.9 cm³/mol. The second-order valence-corrected chi connectivity index (χ2v) is 5.54. The summed E-state index contributed by atoms with van der Waals surface area (Å²) < 4.78 is 0. The topological polar surface area (TPSA) is 12.0 Å². The average Bonchev–Trinajstić information content (AvgIpc) is 2.79. The second-order valence-electron chi connectivity index (χ2n) is 5.54. The van der Waals surface area contributed by atoms with Crippen LogP contribution in [0.3, 0.4) is 0 Å². The van der Waals surface area contributed by atoms with Gasteiger partial charge in [0, 0.05) is 6.04 Å². The van der Waals surface area contributed by atoms with Crippen molar-refractivity contribution in [2.75, 3.05) is 7.05 Å². The van der Waals surface area contributed by atoms with Gasteiger partial charge in [-0.2, -0.15) is 0 Å². The molecule has 1 heteroatoms. The highest BCUT2D eigenvalue weighted by Crippen LogP contribution is 2.40. The molecule has 1 saturated carbocycles. The molecule has 1 aliphatic carbocycles. The quantitative estimate of drug-likeness (QED) is 0.837. The first kappa shape index (κ1) is 11.7. The maximum Gasteiger partial charge on any atom is 0.00957 e. The maximum absolute atomic E-state index is 3.45. The van der Waals surface area contributed by atoms with Gasteiger partial charge in [-0.1, -0.05) is 49.4 Å². The highest BCUT2D eigenvalue weighted by molar-refractivity contribution is 5.83. The monoisotopic (exact) mass is 239 g/mol. The van der Waals surface area contributed by atoms with Crippen molar-refractivity contribution in [1.29, 1.82) is 0 Å². The molecule has 3 atom stereocenters. The van der Waals surface area contributed by atoms with Crippen LogP contribution in [0.25, 0.3) is 10.8 Å². The van der Waals surface area contributed by atoms with Crippen molar-refractivity contribution in [2.24, 2.45) is 5.92 Å². The fourth-order valence-electron chi connectivity index (χ4n) is 3.48. The molecular formula is C17H21N. The highest BCUT2D eigenvalue weighted by Gasteiger charge is 2.32. The van der Waals surface area contributed by atoms with Crippen LogP contribution in [0.15, 0.2) is 42.5 Å². The van der Waals surface area contributed by atoms with Crippen molar-refractivity contribution in [1.82, 2.24) is 5.32 Å². The van der Waals surface area contributed by atoms with Gasteiger partial charge in [-0.15, -0.1) is 0 Å². The SMILES string of the molecule is CNC1CCC(c2ccc3ccccc3c2)C1C. The number of rotatable bonds is 2. The third kappa shape index (κ3) is 1.93. The Kier molecular flexibility index (Phi) is 3.09. The Bertz CT molecular complexity index is 546. The van der Waals surface area contributed by atoms with Gasteiger partial charge in [-0.3, -0.25) is 0 Å². The van der Waals surface area contributed by atoms with Gasteiger partial charge in [0.05, 0.1) is 0 Å². The molecule has 1 aliphatic rings. The number of hydrogen-bond acceptors (Lipinski definition) is 1. The minimum atomic E-state index is 0.682. The lowest BCUT2D eigenvalue weighted by Crippen LogP contribution is -2.28. The summed E-state index contributed by atoms with van der Waals surface area (Å²) in [5, 5.41) is 6.17. The Morgan fingerprint density at radius 1 is 1.00 bits per heavy atom. The lowest BCUT2D eigenvalue weighted by atomic mass is 9.88. The van der Waals surface area contributed by atoms with Crippen LogP contribution in [0.4, 0.5) is 0 Å². The molecule has 0 saturated heterocycles. The molecule has 1 nitrogen and oxygen atoms in total. The van der Waals surface area contributed by atoms with E-state index in [2.05, 4.69) is 61.8 Å². The van der Waals surface area contributed by atoms with Crippen LogP contribution in [0.5, 0.6) is 0 Å². The van der Waals surface area contributed by atoms with Gasteiger partial charge in [-0.25, -0.2) is 0 Å². The van der Waals surface area contributed by atoms with Crippen LogP contribution in [-0.2, 0) is 0 Å². The van der Waals surface area contributed by atoms with Crippen molar-refractivity contribution in [2.45, 2.75) is 31.7 Å². The number of hydrogen-bond donors (Lipinski definition) is 1. The van der Waals surface area contributed by atoms with Crippen molar-refractivity contribution in [3.8, 4) is 0 Å². The van der Waals surface area contributed by atoms with Crippen LogP contribution in [-0.4, -0.2) is 13.1 Å². The maximum atomic E-state index is 3.45. The van der Waals surface area contributed by atoms with Crippen LogP contribution in [0, 0.1) is 5.92 Å². The smallest absolute Gasteiger partial charge is 0.00957 e. The molecule has 0 bridgehead atoms. The molecule has 0 spiro atoms. The molecule has 0 heterocycles. The molecule has 0 aromatic heterocycles. The summed E-state index contributed by atoms with van der Waals surface area (Å²) in [6.45, 7) is 2.38. The van der Waals surface area contributed by atoms with E-state index in [0.717, 1.165) is 5.92 Å². The van der Waals surface area contributed by atoms with E-state index in [0.29, 0.717) is 12.0 Å². The number of benzene rings is 2. The Morgan fingerprint density at radius 3 is 2.50 bits per heavy atom. The first-order valence-corrected chi connectivity index (χ1v) is 6.95. The minimum Gasteiger partial charge on any atom is -0.317 e. The Labute approximate surface area is 109 Å². The van der Waals surface area contributed by atoms with Crippen molar-refractivity contribution < 1.29 is 0 Å². The third-order valence-electron chi connectivity index (χ3n) is 4.63. The Balaban J connectivity index is 1.95. The van der Waals surface area contributed by atoms with E-state index in [1.807, 2.05) is 0 Å². The van der Waals surface area contributed by atoms with E-state index in [1.54, 1.807) is 0 Å². The molecule has 3 unspecified atom stereocenters. The van der Waals surface area contributed by atoms with Gasteiger partial charge >= 0.3 is 0 Å². The fraction of sp³-hybridized carbons (Fsp3) is 0.412. The molecule has 0 amide bonds. The van der Waals surface area contributed by atoms with Crippen LogP contribution in [0.1, 0.15) is 31.2 Å². The second kappa shape index (κ2) is 4.74. The molecule has 0 radical (unpaired) electrons. The lowest BCUT2D eigenvalue weighted by Gasteiger charge is -2.21. The molecule has 18 heavy (non-hydrogen) atoms. The lowest BCUT2D eigenvalue weighted by molar-refractivity contribution is 0.429. The standard InChI is InChI=1S/C17H21N/c1-12-16(9-10-17(12)18-2)15-8-7-13-5-3-4-6-14(13)11-15/h3-8,11-12,16-18H,9-10H2,1-2H3. The first-order valence-electron chi connectivity index (χ1n) is 6.95. The zero-order valence-electron chi connectivity index (χ0n) is 11.2. The van der Waals surface area contributed by atoms with Crippen molar-refractivity contribution >= 4 is 10.8 Å². The molecule has 1 fully saturated rings. The van der Waals surface area contributed by atoms with Gasteiger partial charge in [0.25, 0.3) is 0 Å². The largest absolute Gasteiger partial charge is 0.317 e. The molecule has 94 valence electrons. The van der Waals surface area contributed by atoms with Crippen LogP contribution in [0.2, 0.25) is 0 Å². The average molecular weight is 239 g/mol. The summed E-state index contributed by atoms with van der Waals surface area (Å²) >= 11 is 0. The molecule has 1 N–H and O–H groups in total. The number of fused-ring (bicyclic) bond motifs is 1. The summed E-state index contributed by atoms with van der Waals surface area (Å²) in [4.78, 5) is 0. The van der Waals surface area contributed by atoms with E-state index in [4.69, 9.17) is 0 Å². The molecule has 2 aromatic rings. The summed E-state index contributed by atoms with van der Waals surface area (Å²) in [6, 6.07) is 16.3. The summed E-state index contributed by atoms with van der Waals surface area (Å²) in [5.41, 5.74) is 1.51. The van der Waals surface area contributed by atoms with Gasteiger partial charge in [0.15, 0.2) is 0 Å². The summed E-state index contributed by atoms with van der Waals surface area (Å²) in [6.07, 6.45) is 2.61. The van der Waals surface area contributed by atoms with Gasteiger partial charge in [0.1, 0.15) is 0 Å². The highest BCUT2D eigenvalue weighted by atomic mass is 14.9. The Morgan fingerprint density at radius 2 is 1.78 bits per heavy atom. The fourth-order valence-corrected chi connectivity index (χ4v) is 3.48. The van der Waals surface area contributed by atoms with E-state index < -0.39 is 0 Å². The van der Waals surface area contributed by atoms with E-state index >= 15 is 0 Å². The first-order chi connectivity index (χ1) is 8.79. The number of nitrogens with one attached hydrogen (secondary N) is 1. The molecule has 0 aliphatic heterocycles. The van der Waals surface area contributed by atoms with E-state index in [1.165, 1.54) is 29.2 Å². The normalized spacial score (nSPS) is 27.8. The van der Waals surface area contributed by atoms with Gasteiger partial charge in [-0.05, 0) is 48.1 Å². The van der Waals surface area contributed by atoms with E-state index in [9.17, 15) is 0 Å². The summed E-state index contributed by atoms with van der Waals surface area (Å²) in [7, 11) is 2.09. The van der Waals surface area contributed by atoms with Crippen LogP contribution >= 0.6 is 0 Å². The molecule has 3 rings (SSSR count). The summed E-state index contributed by atoms with van der Waals surface area (Å²) in [5.74, 6) is 1.45. The van der Waals surface area contributed by atoms with Gasteiger partial charge in [0.2, 0.25) is 0 Å². The Hall–Kier alpha value is -1.34. The molecule has 2 aromatic carbocycles. The third-order valence-corrected chi connectivity index (χ3v) is 4.63. The van der Waals surface area contributed by atoms with E-state index in [-0.39, 0.29) is 0 Å². The minimum absolute atomic E-state index is 0.682. The zero-order chi connectivity index (χ0) is 12.5. The molecular weight excluding hydrogens is 218 g/mol. The van der Waals surface area contributed by atoms with Crippen LogP contribution < -0.4 is 5.32 Å². The van der Waals surface area contributed by atoms with Crippen molar-refractivity contribution in [3.63, 3.8) is 0 Å².